The molecule has 0 spiro atoms. The van der Waals surface area contributed by atoms with E-state index in [0.29, 0.717) is 0 Å². The minimum Gasteiger partial charge on any atom is -0.330 e. The number of aromatic nitrogens is 2. The van der Waals surface area contributed by atoms with Crippen molar-refractivity contribution in [2.75, 3.05) is 0 Å². The number of benzene rings is 1. The Morgan fingerprint density at radius 2 is 2.05 bits per heavy atom. The molecule has 1 unspecified atom stereocenters. The van der Waals surface area contributed by atoms with E-state index in [0.717, 1.165) is 31.5 Å². The first-order chi connectivity index (χ1) is 9.19. The lowest BCUT2D eigenvalue weighted by molar-refractivity contribution is 0.448. The number of nitrogens with zero attached hydrogens (tertiary/aromatic N) is 2. The first-order valence-electron chi connectivity index (χ1n) is 7.10. The van der Waals surface area contributed by atoms with Crippen LogP contribution >= 0.6 is 0 Å². The molecule has 0 amide bonds. The summed E-state index contributed by atoms with van der Waals surface area (Å²) in [6.07, 6.45) is 3.12. The molecule has 3 heteroatoms. The Labute approximate surface area is 114 Å². The number of nitrogens with two attached hydrogens (primary N) is 1. The van der Waals surface area contributed by atoms with E-state index in [9.17, 15) is 0 Å². The van der Waals surface area contributed by atoms with Gasteiger partial charge >= 0.3 is 0 Å². The van der Waals surface area contributed by atoms with Gasteiger partial charge in [-0.25, -0.2) is 4.98 Å². The van der Waals surface area contributed by atoms with E-state index < -0.39 is 0 Å². The molecule has 1 aromatic carbocycles. The second-order valence-corrected chi connectivity index (χ2v) is 5.42. The van der Waals surface area contributed by atoms with Crippen LogP contribution in [0.2, 0.25) is 0 Å². The van der Waals surface area contributed by atoms with E-state index in [1.54, 1.807) is 0 Å². The molecule has 2 aromatic rings. The fraction of sp³-hybridized carbons (Fsp3) is 0.438. The molecule has 19 heavy (non-hydrogen) atoms. The highest BCUT2D eigenvalue weighted by Gasteiger charge is 2.21. The van der Waals surface area contributed by atoms with E-state index >= 15 is 0 Å². The lowest BCUT2D eigenvalue weighted by Gasteiger charge is -2.21. The van der Waals surface area contributed by atoms with Gasteiger partial charge in [0.05, 0.1) is 5.69 Å². The minimum atomic E-state index is 0.274. The van der Waals surface area contributed by atoms with E-state index in [1.165, 1.54) is 22.6 Å². The first-order valence-corrected chi connectivity index (χ1v) is 7.10. The van der Waals surface area contributed by atoms with Crippen molar-refractivity contribution in [1.29, 1.82) is 0 Å². The summed E-state index contributed by atoms with van der Waals surface area (Å²) in [5.74, 6) is 1.19. The summed E-state index contributed by atoms with van der Waals surface area (Å²) >= 11 is 0. The predicted molar refractivity (Wildman–Crippen MR) is 78.1 cm³/mol. The molecule has 0 fully saturated rings. The van der Waals surface area contributed by atoms with Gasteiger partial charge in [-0.1, -0.05) is 31.2 Å². The average molecular weight is 255 g/mol. The normalized spacial score (nSPS) is 18.4. The molecule has 3 nitrogen and oxygen atoms in total. The molecule has 1 aliphatic heterocycles. The van der Waals surface area contributed by atoms with Gasteiger partial charge in [-0.15, -0.1) is 0 Å². The highest BCUT2D eigenvalue weighted by molar-refractivity contribution is 5.62. The summed E-state index contributed by atoms with van der Waals surface area (Å²) in [4.78, 5) is 4.82. The van der Waals surface area contributed by atoms with Crippen LogP contribution in [-0.2, 0) is 19.4 Å². The van der Waals surface area contributed by atoms with Crippen LogP contribution in [0, 0.1) is 6.92 Å². The molecule has 2 heterocycles. The van der Waals surface area contributed by atoms with Gasteiger partial charge in [0.2, 0.25) is 0 Å². The first kappa shape index (κ1) is 12.4. The van der Waals surface area contributed by atoms with Crippen molar-refractivity contribution in [3.05, 3.63) is 41.3 Å². The monoisotopic (exact) mass is 255 g/mol. The third-order valence-corrected chi connectivity index (χ3v) is 4.09. The number of fused-ring (bicyclic) bond motifs is 1. The number of hydrogen-bond donors (Lipinski definition) is 1. The van der Waals surface area contributed by atoms with Crippen LogP contribution in [0.25, 0.3) is 11.3 Å². The second kappa shape index (κ2) is 4.82. The quantitative estimate of drug-likeness (QED) is 0.896. The van der Waals surface area contributed by atoms with E-state index in [1.807, 2.05) is 0 Å². The smallest absolute Gasteiger partial charge is 0.109 e. The maximum atomic E-state index is 6.06. The van der Waals surface area contributed by atoms with E-state index in [2.05, 4.69) is 42.7 Å². The molecular weight excluding hydrogens is 234 g/mol. The van der Waals surface area contributed by atoms with Gasteiger partial charge in [0.25, 0.3) is 0 Å². The van der Waals surface area contributed by atoms with Crippen LogP contribution < -0.4 is 5.73 Å². The largest absolute Gasteiger partial charge is 0.330 e. The second-order valence-electron chi connectivity index (χ2n) is 5.42. The molecule has 0 radical (unpaired) electrons. The fourth-order valence-electron chi connectivity index (χ4n) is 2.84. The highest BCUT2D eigenvalue weighted by Crippen LogP contribution is 2.27. The van der Waals surface area contributed by atoms with Crippen LogP contribution in [-0.4, -0.2) is 15.6 Å². The lowest BCUT2D eigenvalue weighted by Crippen LogP contribution is -2.32. The molecule has 0 aliphatic carbocycles. The summed E-state index contributed by atoms with van der Waals surface area (Å²) in [6, 6.07) is 9.02. The van der Waals surface area contributed by atoms with Crippen molar-refractivity contribution < 1.29 is 0 Å². The molecule has 0 bridgehead atoms. The Balaban J connectivity index is 2.01. The molecular formula is C16H21N3. The average Bonchev–Trinajstić information content (AvgIpc) is 2.76. The fourth-order valence-corrected chi connectivity index (χ4v) is 2.84. The summed E-state index contributed by atoms with van der Waals surface area (Å²) in [7, 11) is 0. The van der Waals surface area contributed by atoms with Crippen LogP contribution in [0.15, 0.2) is 24.3 Å². The van der Waals surface area contributed by atoms with E-state index in [4.69, 9.17) is 10.7 Å². The maximum Gasteiger partial charge on any atom is 0.109 e. The maximum absolute atomic E-state index is 6.06. The topological polar surface area (TPSA) is 43.8 Å². The van der Waals surface area contributed by atoms with Gasteiger partial charge in [-0.05, 0) is 25.3 Å². The summed E-state index contributed by atoms with van der Waals surface area (Å²) < 4.78 is 2.29. The van der Waals surface area contributed by atoms with Gasteiger partial charge < -0.3 is 10.3 Å². The predicted octanol–water partition coefficient (Wildman–Crippen LogP) is 2.69. The Bertz CT molecular complexity index is 581. The molecule has 0 saturated heterocycles. The molecule has 1 aliphatic rings. The van der Waals surface area contributed by atoms with Crippen LogP contribution in [0.5, 0.6) is 0 Å². The van der Waals surface area contributed by atoms with Gasteiger partial charge in [0.1, 0.15) is 5.82 Å². The van der Waals surface area contributed by atoms with Crippen molar-refractivity contribution >= 4 is 0 Å². The minimum absolute atomic E-state index is 0.274. The summed E-state index contributed by atoms with van der Waals surface area (Å²) in [5.41, 5.74) is 11.0. The zero-order valence-corrected chi connectivity index (χ0v) is 11.7. The molecule has 100 valence electrons. The molecule has 0 saturated carbocycles. The zero-order chi connectivity index (χ0) is 13.4. The zero-order valence-electron chi connectivity index (χ0n) is 11.7. The molecule has 3 rings (SSSR count). The lowest BCUT2D eigenvalue weighted by atomic mass is 10.1. The SMILES string of the molecule is CCc1ccc(-c2nc3n(c2C)CC(N)CC3)cc1. The standard InChI is InChI=1S/C16H21N3/c1-3-12-4-6-13(7-5-12)16-11(2)19-10-14(17)8-9-15(19)18-16/h4-7,14H,3,8-10,17H2,1-2H3. The van der Waals surface area contributed by atoms with Crippen molar-refractivity contribution in [3.8, 4) is 11.3 Å². The third-order valence-electron chi connectivity index (χ3n) is 4.09. The Hall–Kier alpha value is -1.61. The van der Waals surface area contributed by atoms with Crippen molar-refractivity contribution in [1.82, 2.24) is 9.55 Å². The van der Waals surface area contributed by atoms with Crippen LogP contribution in [0.4, 0.5) is 0 Å². The van der Waals surface area contributed by atoms with Gasteiger partial charge in [-0.2, -0.15) is 0 Å². The van der Waals surface area contributed by atoms with Gasteiger partial charge in [-0.3, -0.25) is 0 Å². The van der Waals surface area contributed by atoms with Gasteiger partial charge in [0.15, 0.2) is 0 Å². The molecule has 1 aromatic heterocycles. The van der Waals surface area contributed by atoms with E-state index in [-0.39, 0.29) is 6.04 Å². The Morgan fingerprint density at radius 1 is 1.32 bits per heavy atom. The van der Waals surface area contributed by atoms with Crippen molar-refractivity contribution in [2.45, 2.75) is 45.7 Å². The molecule has 2 N–H and O–H groups in total. The number of hydrogen-bond acceptors (Lipinski definition) is 2. The highest BCUT2D eigenvalue weighted by atomic mass is 15.1. The van der Waals surface area contributed by atoms with Crippen molar-refractivity contribution in [3.63, 3.8) is 0 Å². The van der Waals surface area contributed by atoms with Crippen molar-refractivity contribution in [2.24, 2.45) is 5.73 Å². The van der Waals surface area contributed by atoms with Gasteiger partial charge in [0, 0.05) is 30.3 Å². The Morgan fingerprint density at radius 3 is 2.74 bits per heavy atom. The van der Waals surface area contributed by atoms with Crippen LogP contribution in [0.3, 0.4) is 0 Å². The summed E-state index contributed by atoms with van der Waals surface area (Å²) in [6.45, 7) is 5.23. The van der Waals surface area contributed by atoms with Crippen LogP contribution in [0.1, 0.15) is 30.4 Å². The Kier molecular flexibility index (Phi) is 3.15. The number of rotatable bonds is 2. The summed E-state index contributed by atoms with van der Waals surface area (Å²) in [5, 5.41) is 0. The number of imidazole rings is 1. The number of aryl methyl sites for hydroxylation is 2. The molecule has 1 atom stereocenters. The third kappa shape index (κ3) is 2.19.